The monoisotopic (exact) mass is 837 g/mol. The molecule has 1 N–H and O–H groups in total. The van der Waals surface area contributed by atoms with Crippen LogP contribution in [-0.4, -0.2) is 122 Å². The lowest BCUT2D eigenvalue weighted by Crippen LogP contribution is -2.67. The molecule has 2 aliphatic heterocycles. The zero-order chi connectivity index (χ0) is 43.7. The number of para-hydroxylation sites is 1. The molecule has 322 valence electrons. The predicted molar refractivity (Wildman–Crippen MR) is 190 cm³/mol. The van der Waals surface area contributed by atoms with Crippen molar-refractivity contribution in [3.05, 3.63) is 34.7 Å². The minimum Gasteiger partial charge on any atom is -0.463 e. The number of fused-ring (bicyclic) bond motifs is 1. The molecule has 4 rings (SSSR count). The summed E-state index contributed by atoms with van der Waals surface area (Å²) in [5.41, 5.74) is -1.33. The molecule has 1 amide bonds. The Labute approximate surface area is 334 Å². The lowest BCUT2D eigenvalue weighted by atomic mass is 9.96. The average Bonchev–Trinajstić information content (AvgIpc) is 3.11. The number of benzene rings is 1. The first-order chi connectivity index (χ1) is 27.7. The Morgan fingerprint density at radius 2 is 0.983 bits per heavy atom. The highest BCUT2D eigenvalue weighted by Gasteiger charge is 2.55. The van der Waals surface area contributed by atoms with Crippen molar-refractivity contribution < 1.29 is 94.9 Å². The zero-order valence-corrected chi connectivity index (χ0v) is 33.1. The quantitative estimate of drug-likeness (QED) is 0.152. The molecule has 59 heavy (non-hydrogen) atoms. The van der Waals surface area contributed by atoms with Crippen LogP contribution in [0.15, 0.2) is 33.5 Å². The van der Waals surface area contributed by atoms with Gasteiger partial charge in [0.05, 0.1) is 5.39 Å². The summed E-state index contributed by atoms with van der Waals surface area (Å²) in [5.74, 6) is -8.14. The van der Waals surface area contributed by atoms with Crippen LogP contribution in [0.5, 0.6) is 11.5 Å². The number of carbonyl (C=O) groups is 8. The summed E-state index contributed by atoms with van der Waals surface area (Å²) in [7, 11) is 0. The van der Waals surface area contributed by atoms with Gasteiger partial charge in [-0.15, -0.1) is 0 Å². The summed E-state index contributed by atoms with van der Waals surface area (Å²) < 4.78 is 67.8. The second kappa shape index (κ2) is 19.9. The third-order valence-corrected chi connectivity index (χ3v) is 8.21. The Morgan fingerprint density at radius 3 is 1.49 bits per heavy atom. The van der Waals surface area contributed by atoms with Gasteiger partial charge in [-0.1, -0.05) is 12.1 Å². The van der Waals surface area contributed by atoms with E-state index in [1.807, 2.05) is 0 Å². The number of esters is 7. The molecule has 1 aromatic carbocycles. The number of hydrogen-bond donors (Lipinski definition) is 1. The fourth-order valence-corrected chi connectivity index (χ4v) is 6.23. The van der Waals surface area contributed by atoms with E-state index in [0.29, 0.717) is 0 Å². The summed E-state index contributed by atoms with van der Waals surface area (Å²) in [6.45, 7) is 7.16. The highest BCUT2D eigenvalue weighted by atomic mass is 16.8. The van der Waals surface area contributed by atoms with Crippen LogP contribution in [0, 0.1) is 0 Å². The van der Waals surface area contributed by atoms with E-state index in [1.54, 1.807) is 0 Å². The molecule has 2 saturated heterocycles. The van der Waals surface area contributed by atoms with E-state index in [0.717, 1.165) is 55.4 Å². The third-order valence-electron chi connectivity index (χ3n) is 8.21. The molecule has 2 unspecified atom stereocenters. The van der Waals surface area contributed by atoms with Gasteiger partial charge >= 0.3 is 47.4 Å². The average molecular weight is 838 g/mol. The van der Waals surface area contributed by atoms with Crippen molar-refractivity contribution in [3.8, 4) is 11.5 Å². The summed E-state index contributed by atoms with van der Waals surface area (Å²) in [6, 6.07) is 4.26. The van der Waals surface area contributed by atoms with Gasteiger partial charge in [-0.2, -0.15) is 0 Å². The first kappa shape index (κ1) is 45.4. The molecule has 3 heterocycles. The molecular formula is C37H43NO21. The van der Waals surface area contributed by atoms with Gasteiger partial charge in [0.15, 0.2) is 30.2 Å². The Balaban J connectivity index is 1.92. The van der Waals surface area contributed by atoms with E-state index >= 15 is 0 Å². The Morgan fingerprint density at radius 1 is 0.542 bits per heavy atom. The van der Waals surface area contributed by atoms with E-state index < -0.39 is 139 Å². The fraction of sp³-hybridized carbons (Fsp3) is 0.541. The van der Waals surface area contributed by atoms with E-state index in [4.69, 9.17) is 56.5 Å². The van der Waals surface area contributed by atoms with Gasteiger partial charge in [-0.25, -0.2) is 4.79 Å². The number of rotatable bonds is 14. The lowest BCUT2D eigenvalue weighted by molar-refractivity contribution is -0.289. The normalized spacial score (nSPS) is 26.2. The minimum atomic E-state index is -1.89. The van der Waals surface area contributed by atoms with Crippen molar-refractivity contribution in [2.24, 2.45) is 0 Å². The molecular weight excluding hydrogens is 794 g/mol. The number of hydrogen-bond acceptors (Lipinski definition) is 21. The fourth-order valence-electron chi connectivity index (χ4n) is 6.23. The topological polar surface area (TPSA) is 280 Å². The number of nitrogens with one attached hydrogen (secondary N) is 1. The second-order valence-electron chi connectivity index (χ2n) is 13.1. The maximum absolute atomic E-state index is 13.9. The van der Waals surface area contributed by atoms with Crippen molar-refractivity contribution in [2.45, 2.75) is 117 Å². The van der Waals surface area contributed by atoms with Crippen molar-refractivity contribution in [1.29, 1.82) is 0 Å². The van der Waals surface area contributed by atoms with Crippen LogP contribution in [0.3, 0.4) is 0 Å². The zero-order valence-electron chi connectivity index (χ0n) is 33.1. The Hall–Kier alpha value is -6.29. The standard InChI is InChI=1S/C37H43NO21/c1-15(39)38-27-31(52-20(6)44)29(50-18(4)42)25(13-48-16(2)40)56-36(27)59-33-28(23-11-9-10-12-24(23)55-35(33)47)58-37-34(54-22(8)46)32(53-21(7)45)30(51-19(5)43)26(57-37)14-49-17(3)41/h9-12,25-27,29-32,34,36-37H,13-14H2,1-8H3,(H,38,39)/t25-,26-,27-,29-,30+,31-,32+,34-,36?,37?/m1/s1. The Bertz CT molecular complexity index is 1990. The number of ether oxygens (including phenoxy) is 11. The molecule has 0 saturated carbocycles. The van der Waals surface area contributed by atoms with Crippen molar-refractivity contribution in [3.63, 3.8) is 0 Å². The first-order valence-corrected chi connectivity index (χ1v) is 17.9. The van der Waals surface area contributed by atoms with Crippen LogP contribution in [-0.2, 0) is 81.0 Å². The highest BCUT2D eigenvalue weighted by Crippen LogP contribution is 2.39. The van der Waals surface area contributed by atoms with Crippen LogP contribution in [0.25, 0.3) is 11.0 Å². The largest absolute Gasteiger partial charge is 0.463 e. The molecule has 2 aromatic rings. The molecule has 22 heteroatoms. The summed E-state index contributed by atoms with van der Waals surface area (Å²) in [6.07, 6.45) is -14.8. The summed E-state index contributed by atoms with van der Waals surface area (Å²) >= 11 is 0. The molecule has 0 radical (unpaired) electrons. The van der Waals surface area contributed by atoms with Crippen molar-refractivity contribution in [1.82, 2.24) is 5.32 Å². The summed E-state index contributed by atoms with van der Waals surface area (Å²) in [4.78, 5) is 112. The van der Waals surface area contributed by atoms with Gasteiger partial charge in [-0.05, 0) is 12.1 Å². The molecule has 2 fully saturated rings. The molecule has 2 aliphatic rings. The molecule has 0 aliphatic carbocycles. The first-order valence-electron chi connectivity index (χ1n) is 17.9. The van der Waals surface area contributed by atoms with Gasteiger partial charge in [0.1, 0.15) is 37.0 Å². The van der Waals surface area contributed by atoms with Crippen LogP contribution in [0.4, 0.5) is 0 Å². The van der Waals surface area contributed by atoms with E-state index in [2.05, 4.69) is 5.32 Å². The van der Waals surface area contributed by atoms with Gasteiger partial charge in [0.25, 0.3) is 5.75 Å². The lowest BCUT2D eigenvalue weighted by Gasteiger charge is -2.45. The number of amides is 1. The molecule has 0 bridgehead atoms. The molecule has 22 nitrogen and oxygen atoms in total. The molecule has 0 spiro atoms. The third kappa shape index (κ3) is 12.1. The number of carbonyl (C=O) groups excluding carboxylic acids is 8. The van der Waals surface area contributed by atoms with Crippen LogP contribution in [0.1, 0.15) is 55.4 Å². The van der Waals surface area contributed by atoms with Crippen LogP contribution < -0.4 is 20.4 Å². The molecule has 1 aromatic heterocycles. The van der Waals surface area contributed by atoms with Crippen LogP contribution in [0.2, 0.25) is 0 Å². The summed E-state index contributed by atoms with van der Waals surface area (Å²) in [5, 5.41) is 2.51. The molecule has 10 atom stereocenters. The van der Waals surface area contributed by atoms with Gasteiger partial charge in [0.2, 0.25) is 24.6 Å². The maximum Gasteiger partial charge on any atom is 0.383 e. The van der Waals surface area contributed by atoms with Gasteiger partial charge < -0.3 is 61.8 Å². The van der Waals surface area contributed by atoms with E-state index in [9.17, 15) is 43.2 Å². The predicted octanol–water partition coefficient (Wildman–Crippen LogP) is 0.290. The van der Waals surface area contributed by atoms with Crippen molar-refractivity contribution >= 4 is 58.7 Å². The highest BCUT2D eigenvalue weighted by molar-refractivity contribution is 5.85. The SMILES string of the molecule is CC(=O)N[C@H]1C(Oc2c(OC3O[C@H](COC(C)=O)[C@H](OC(C)=O)[C@H](OC(C)=O)[C@H]3OC(C)=O)c3ccccc3oc2=O)O[C@H](COC(C)=O)[C@@H](OC(C)=O)[C@@H]1OC(C)=O. The van der Waals surface area contributed by atoms with Gasteiger partial charge in [0, 0.05) is 55.4 Å². The maximum atomic E-state index is 13.9. The van der Waals surface area contributed by atoms with E-state index in [-0.39, 0.29) is 11.0 Å². The van der Waals surface area contributed by atoms with Crippen LogP contribution >= 0.6 is 0 Å². The Kier molecular flexibility index (Phi) is 15.3. The van der Waals surface area contributed by atoms with E-state index in [1.165, 1.54) is 24.3 Å². The smallest absolute Gasteiger partial charge is 0.383 e. The van der Waals surface area contributed by atoms with Crippen molar-refractivity contribution in [2.75, 3.05) is 13.2 Å². The minimum absolute atomic E-state index is 0.00707. The van der Waals surface area contributed by atoms with Gasteiger partial charge in [-0.3, -0.25) is 38.4 Å². The second-order valence-corrected chi connectivity index (χ2v) is 13.1.